The van der Waals surface area contributed by atoms with E-state index in [2.05, 4.69) is 0 Å². The number of nitrogens with two attached hydrogens (primary N) is 1. The van der Waals surface area contributed by atoms with Crippen LogP contribution in [0.15, 0.2) is 0 Å². The van der Waals surface area contributed by atoms with E-state index < -0.39 is 0 Å². The average molecular weight is 172 g/mol. The predicted molar refractivity (Wildman–Crippen MR) is 45.4 cm³/mol. The number of likely N-dealkylation sites (tertiary alicyclic amines) is 1. The van der Waals surface area contributed by atoms with E-state index in [1.54, 1.807) is 4.90 Å². The lowest BCUT2D eigenvalue weighted by molar-refractivity contribution is -0.133. The van der Waals surface area contributed by atoms with Crippen molar-refractivity contribution in [2.75, 3.05) is 19.6 Å². The van der Waals surface area contributed by atoms with E-state index in [0.29, 0.717) is 12.5 Å². The van der Waals surface area contributed by atoms with Crippen molar-refractivity contribution in [1.82, 2.24) is 4.90 Å². The number of carbonyl (C=O) groups is 1. The van der Waals surface area contributed by atoms with E-state index >= 15 is 0 Å². The minimum Gasteiger partial charge on any atom is -0.391 e. The van der Waals surface area contributed by atoms with Gasteiger partial charge in [0.1, 0.15) is 0 Å². The number of aliphatic hydroxyl groups excluding tert-OH is 1. The Kier molecular flexibility index (Phi) is 3.05. The number of piperidine rings is 1. The highest BCUT2D eigenvalue weighted by atomic mass is 16.3. The number of hydrogen-bond donors (Lipinski definition) is 2. The molecule has 3 N–H and O–H groups in total. The molecule has 4 heteroatoms. The van der Waals surface area contributed by atoms with E-state index in [1.165, 1.54) is 0 Å². The molecule has 1 rings (SSSR count). The minimum atomic E-state index is -0.371. The maximum absolute atomic E-state index is 11.1. The van der Waals surface area contributed by atoms with Gasteiger partial charge in [-0.25, -0.2) is 0 Å². The third kappa shape index (κ3) is 2.19. The number of β-amino-alcohol motifs (C(OH)–C–C–N with tert-alkyl or cyclic N) is 1. The molecule has 4 nitrogen and oxygen atoms in total. The molecule has 1 saturated heterocycles. The summed E-state index contributed by atoms with van der Waals surface area (Å²) in [6, 6.07) is 0. The van der Waals surface area contributed by atoms with Crippen LogP contribution in [-0.4, -0.2) is 41.7 Å². The zero-order valence-electron chi connectivity index (χ0n) is 7.36. The van der Waals surface area contributed by atoms with Crippen LogP contribution in [0.4, 0.5) is 0 Å². The molecule has 0 aliphatic carbocycles. The topological polar surface area (TPSA) is 66.6 Å². The monoisotopic (exact) mass is 172 g/mol. The van der Waals surface area contributed by atoms with E-state index in [1.807, 2.05) is 6.92 Å². The molecule has 2 atom stereocenters. The lowest BCUT2D eigenvalue weighted by atomic mass is 9.98. The number of nitrogens with zero attached hydrogens (tertiary/aromatic N) is 1. The van der Waals surface area contributed by atoms with Gasteiger partial charge in [-0.15, -0.1) is 0 Å². The summed E-state index contributed by atoms with van der Waals surface area (Å²) >= 11 is 0. The van der Waals surface area contributed by atoms with E-state index in [-0.39, 0.29) is 18.6 Å². The van der Waals surface area contributed by atoms with Crippen LogP contribution in [0.5, 0.6) is 0 Å². The lowest BCUT2D eigenvalue weighted by Crippen LogP contribution is -2.47. The Labute approximate surface area is 72.3 Å². The number of carbonyl (C=O) groups excluding carboxylic acids is 1. The average Bonchev–Trinajstić information content (AvgIpc) is 2.01. The Morgan fingerprint density at radius 1 is 1.67 bits per heavy atom. The van der Waals surface area contributed by atoms with Gasteiger partial charge in [-0.3, -0.25) is 4.79 Å². The highest BCUT2D eigenvalue weighted by molar-refractivity contribution is 5.78. The summed E-state index contributed by atoms with van der Waals surface area (Å²) in [5.74, 6) is 0.310. The molecule has 0 aromatic rings. The number of amides is 1. The normalized spacial score (nSPS) is 30.4. The summed E-state index contributed by atoms with van der Waals surface area (Å²) in [7, 11) is 0. The van der Waals surface area contributed by atoms with Crippen LogP contribution < -0.4 is 5.73 Å². The summed E-state index contributed by atoms with van der Waals surface area (Å²) in [5, 5.41) is 9.36. The van der Waals surface area contributed by atoms with E-state index in [9.17, 15) is 9.90 Å². The molecule has 0 bridgehead atoms. The number of rotatable bonds is 1. The standard InChI is InChI=1S/C8H16N2O2/c1-6-2-7(11)5-10(4-6)8(12)3-9/h6-7,11H,2-5,9H2,1H3/t6-,7+/m1/s1. The highest BCUT2D eigenvalue weighted by Gasteiger charge is 2.25. The van der Waals surface area contributed by atoms with Crippen molar-refractivity contribution in [3.05, 3.63) is 0 Å². The molecular formula is C8H16N2O2. The third-order valence-corrected chi connectivity index (χ3v) is 2.16. The van der Waals surface area contributed by atoms with Crippen molar-refractivity contribution in [2.24, 2.45) is 11.7 Å². The van der Waals surface area contributed by atoms with Gasteiger partial charge in [-0.05, 0) is 12.3 Å². The van der Waals surface area contributed by atoms with Gasteiger partial charge >= 0.3 is 0 Å². The molecule has 1 amide bonds. The molecule has 0 aromatic heterocycles. The fourth-order valence-electron chi connectivity index (χ4n) is 1.65. The summed E-state index contributed by atoms with van der Waals surface area (Å²) in [6.45, 7) is 3.24. The molecule has 0 radical (unpaired) electrons. The van der Waals surface area contributed by atoms with Gasteiger partial charge in [0.05, 0.1) is 12.6 Å². The quantitative estimate of drug-likeness (QED) is 0.543. The van der Waals surface area contributed by atoms with Crippen LogP contribution in [0.25, 0.3) is 0 Å². The fraction of sp³-hybridized carbons (Fsp3) is 0.875. The van der Waals surface area contributed by atoms with Crippen LogP contribution in [0, 0.1) is 5.92 Å². The van der Waals surface area contributed by atoms with Crippen molar-refractivity contribution in [3.63, 3.8) is 0 Å². The third-order valence-electron chi connectivity index (χ3n) is 2.16. The van der Waals surface area contributed by atoms with Crippen molar-refractivity contribution in [2.45, 2.75) is 19.4 Å². The summed E-state index contributed by atoms with van der Waals surface area (Å²) in [6.07, 6.45) is 0.415. The Balaban J connectivity index is 2.49. The van der Waals surface area contributed by atoms with Crippen molar-refractivity contribution >= 4 is 5.91 Å². The maximum Gasteiger partial charge on any atom is 0.236 e. The Hall–Kier alpha value is -0.610. The van der Waals surface area contributed by atoms with Crippen LogP contribution in [0.3, 0.4) is 0 Å². The first-order valence-electron chi connectivity index (χ1n) is 4.29. The van der Waals surface area contributed by atoms with Crippen LogP contribution in [0.2, 0.25) is 0 Å². The van der Waals surface area contributed by atoms with Crippen molar-refractivity contribution in [3.8, 4) is 0 Å². The van der Waals surface area contributed by atoms with Gasteiger partial charge < -0.3 is 15.7 Å². The molecule has 0 unspecified atom stereocenters. The lowest BCUT2D eigenvalue weighted by Gasteiger charge is -2.33. The molecular weight excluding hydrogens is 156 g/mol. The fourth-order valence-corrected chi connectivity index (χ4v) is 1.65. The molecule has 12 heavy (non-hydrogen) atoms. The second kappa shape index (κ2) is 3.87. The highest BCUT2D eigenvalue weighted by Crippen LogP contribution is 2.15. The maximum atomic E-state index is 11.1. The van der Waals surface area contributed by atoms with Gasteiger partial charge in [-0.2, -0.15) is 0 Å². The van der Waals surface area contributed by atoms with Crippen molar-refractivity contribution in [1.29, 1.82) is 0 Å². The van der Waals surface area contributed by atoms with Gasteiger partial charge in [0.15, 0.2) is 0 Å². The van der Waals surface area contributed by atoms with Crippen LogP contribution >= 0.6 is 0 Å². The molecule has 0 spiro atoms. The summed E-state index contributed by atoms with van der Waals surface area (Å²) < 4.78 is 0. The SMILES string of the molecule is C[C@@H]1C[C@H](O)CN(C(=O)CN)C1. The van der Waals surface area contributed by atoms with Gasteiger partial charge in [0.25, 0.3) is 0 Å². The van der Waals surface area contributed by atoms with Crippen molar-refractivity contribution < 1.29 is 9.90 Å². The molecule has 1 fully saturated rings. The smallest absolute Gasteiger partial charge is 0.236 e. The largest absolute Gasteiger partial charge is 0.391 e. The first-order chi connectivity index (χ1) is 5.63. The Morgan fingerprint density at radius 3 is 2.83 bits per heavy atom. The van der Waals surface area contributed by atoms with Gasteiger partial charge in [0, 0.05) is 13.1 Å². The Morgan fingerprint density at radius 2 is 2.33 bits per heavy atom. The molecule has 1 heterocycles. The second-order valence-corrected chi connectivity index (χ2v) is 3.50. The van der Waals surface area contributed by atoms with Crippen LogP contribution in [-0.2, 0) is 4.79 Å². The molecule has 1 aliphatic heterocycles. The minimum absolute atomic E-state index is 0.0411. The number of aliphatic hydroxyl groups is 1. The summed E-state index contributed by atoms with van der Waals surface area (Å²) in [4.78, 5) is 12.8. The Bertz CT molecular complexity index is 162. The first kappa shape index (κ1) is 9.48. The summed E-state index contributed by atoms with van der Waals surface area (Å²) in [5.41, 5.74) is 5.22. The van der Waals surface area contributed by atoms with Crippen LogP contribution in [0.1, 0.15) is 13.3 Å². The molecule has 0 aromatic carbocycles. The zero-order valence-corrected chi connectivity index (χ0v) is 7.36. The first-order valence-corrected chi connectivity index (χ1v) is 4.29. The van der Waals surface area contributed by atoms with E-state index in [4.69, 9.17) is 5.73 Å². The van der Waals surface area contributed by atoms with Gasteiger partial charge in [0.2, 0.25) is 5.91 Å². The van der Waals surface area contributed by atoms with Gasteiger partial charge in [-0.1, -0.05) is 6.92 Å². The van der Waals surface area contributed by atoms with E-state index in [0.717, 1.165) is 13.0 Å². The second-order valence-electron chi connectivity index (χ2n) is 3.50. The molecule has 1 aliphatic rings. The number of hydrogen-bond acceptors (Lipinski definition) is 3. The molecule has 0 saturated carbocycles. The predicted octanol–water partition coefficient (Wildman–Crippen LogP) is -0.826. The zero-order chi connectivity index (χ0) is 9.14. The molecule has 70 valence electrons.